The molecule has 2 aromatic carbocycles. The van der Waals surface area contributed by atoms with Gasteiger partial charge in [0.2, 0.25) is 5.91 Å². The van der Waals surface area contributed by atoms with E-state index in [0.717, 1.165) is 22.4 Å². The summed E-state index contributed by atoms with van der Waals surface area (Å²) < 4.78 is 42.5. The lowest BCUT2D eigenvalue weighted by Gasteiger charge is -2.38. The number of nitrogens with zero attached hydrogens (tertiary/aromatic N) is 1. The fraction of sp³-hybridized carbons (Fsp3) is 0.476. The SMILES string of the molecule is CC(C)Cc1ccc2cccc(C(N3NC(=O)CC3(C)C)C(F)(F)F)c2c1. The summed E-state index contributed by atoms with van der Waals surface area (Å²) in [6.07, 6.45) is -3.70. The molecule has 0 bridgehead atoms. The maximum absolute atomic E-state index is 14.2. The van der Waals surface area contributed by atoms with Crippen LogP contribution in [0.2, 0.25) is 0 Å². The Labute approximate surface area is 157 Å². The quantitative estimate of drug-likeness (QED) is 0.797. The van der Waals surface area contributed by atoms with E-state index in [1.54, 1.807) is 19.9 Å². The van der Waals surface area contributed by atoms with E-state index in [2.05, 4.69) is 19.3 Å². The molecule has 27 heavy (non-hydrogen) atoms. The number of carbonyl (C=O) groups excluding carboxylic acids is 1. The minimum absolute atomic E-state index is 0.0307. The fourth-order valence-corrected chi connectivity index (χ4v) is 3.86. The molecule has 0 radical (unpaired) electrons. The molecular formula is C21H25F3N2O. The van der Waals surface area contributed by atoms with E-state index in [1.807, 2.05) is 24.3 Å². The first kappa shape index (κ1) is 19.7. The summed E-state index contributed by atoms with van der Waals surface area (Å²) in [5, 5.41) is 2.41. The molecule has 3 rings (SSSR count). The van der Waals surface area contributed by atoms with Crippen LogP contribution in [-0.4, -0.2) is 22.6 Å². The molecule has 0 saturated carbocycles. The second-order valence-electron chi connectivity index (χ2n) is 8.34. The van der Waals surface area contributed by atoms with Crippen molar-refractivity contribution in [1.29, 1.82) is 0 Å². The number of hydrogen-bond acceptors (Lipinski definition) is 2. The van der Waals surface area contributed by atoms with Crippen LogP contribution in [0.25, 0.3) is 10.8 Å². The van der Waals surface area contributed by atoms with Gasteiger partial charge in [-0.3, -0.25) is 10.2 Å². The lowest BCUT2D eigenvalue weighted by Crippen LogP contribution is -2.51. The van der Waals surface area contributed by atoms with Crippen molar-refractivity contribution in [2.75, 3.05) is 0 Å². The van der Waals surface area contributed by atoms with Crippen LogP contribution in [-0.2, 0) is 11.2 Å². The monoisotopic (exact) mass is 378 g/mol. The highest BCUT2D eigenvalue weighted by Crippen LogP contribution is 2.44. The van der Waals surface area contributed by atoms with Crippen molar-refractivity contribution >= 4 is 16.7 Å². The maximum atomic E-state index is 14.2. The Kier molecular flexibility index (Phi) is 4.97. The number of hydrogen-bond donors (Lipinski definition) is 1. The average molecular weight is 378 g/mol. The van der Waals surface area contributed by atoms with Gasteiger partial charge in [-0.15, -0.1) is 0 Å². The molecule has 1 fully saturated rings. The molecule has 1 unspecified atom stereocenters. The van der Waals surface area contributed by atoms with E-state index in [9.17, 15) is 18.0 Å². The Bertz CT molecular complexity index is 858. The van der Waals surface area contributed by atoms with Gasteiger partial charge in [-0.1, -0.05) is 50.2 Å². The normalized spacial score (nSPS) is 18.9. The van der Waals surface area contributed by atoms with Gasteiger partial charge in [0.25, 0.3) is 0 Å². The number of hydrazine groups is 1. The van der Waals surface area contributed by atoms with Crippen molar-refractivity contribution in [3.05, 3.63) is 47.5 Å². The third kappa shape index (κ3) is 3.95. The highest BCUT2D eigenvalue weighted by molar-refractivity contribution is 5.87. The molecule has 1 aliphatic heterocycles. The van der Waals surface area contributed by atoms with Crippen LogP contribution in [0.3, 0.4) is 0 Å². The molecule has 0 aliphatic carbocycles. The first-order valence-electron chi connectivity index (χ1n) is 9.16. The van der Waals surface area contributed by atoms with Crippen molar-refractivity contribution in [3.8, 4) is 0 Å². The van der Waals surface area contributed by atoms with Gasteiger partial charge in [-0.05, 0) is 48.1 Å². The molecule has 146 valence electrons. The number of carbonyl (C=O) groups is 1. The summed E-state index contributed by atoms with van der Waals surface area (Å²) in [4.78, 5) is 11.9. The Hall–Kier alpha value is -2.08. The van der Waals surface area contributed by atoms with Gasteiger partial charge >= 0.3 is 6.18 Å². The van der Waals surface area contributed by atoms with Gasteiger partial charge in [0, 0.05) is 12.0 Å². The average Bonchev–Trinajstić information content (AvgIpc) is 2.78. The van der Waals surface area contributed by atoms with Crippen LogP contribution in [0, 0.1) is 5.92 Å². The van der Waals surface area contributed by atoms with Crippen LogP contribution in [0.1, 0.15) is 51.3 Å². The highest BCUT2D eigenvalue weighted by Gasteiger charge is 2.53. The van der Waals surface area contributed by atoms with Gasteiger partial charge in [-0.2, -0.15) is 18.2 Å². The van der Waals surface area contributed by atoms with Crippen molar-refractivity contribution in [1.82, 2.24) is 10.4 Å². The molecule has 0 aromatic heterocycles. The Morgan fingerprint density at radius 2 is 1.89 bits per heavy atom. The van der Waals surface area contributed by atoms with Crippen LogP contribution >= 0.6 is 0 Å². The van der Waals surface area contributed by atoms with Crippen LogP contribution in [0.4, 0.5) is 13.2 Å². The molecule has 2 aromatic rings. The zero-order chi connectivity index (χ0) is 20.0. The van der Waals surface area contributed by atoms with Crippen LogP contribution in [0.5, 0.6) is 0 Å². The van der Waals surface area contributed by atoms with Gasteiger partial charge in [0.05, 0.1) is 0 Å². The molecule has 1 heterocycles. The molecule has 0 spiro atoms. The van der Waals surface area contributed by atoms with E-state index >= 15 is 0 Å². The van der Waals surface area contributed by atoms with Gasteiger partial charge in [0.15, 0.2) is 6.04 Å². The van der Waals surface area contributed by atoms with Crippen molar-refractivity contribution in [2.24, 2.45) is 5.92 Å². The summed E-state index contributed by atoms with van der Waals surface area (Å²) in [6.45, 7) is 7.46. The summed E-state index contributed by atoms with van der Waals surface area (Å²) in [5.74, 6) is 0.0137. The number of fused-ring (bicyclic) bond motifs is 1. The van der Waals surface area contributed by atoms with Crippen molar-refractivity contribution < 1.29 is 18.0 Å². The van der Waals surface area contributed by atoms with E-state index in [4.69, 9.17) is 0 Å². The van der Waals surface area contributed by atoms with E-state index in [0.29, 0.717) is 11.3 Å². The summed E-state index contributed by atoms with van der Waals surface area (Å²) in [7, 11) is 0. The second kappa shape index (κ2) is 6.82. The third-order valence-corrected chi connectivity index (χ3v) is 4.98. The highest BCUT2D eigenvalue weighted by atomic mass is 19.4. The molecule has 1 amide bonds. The standard InChI is InChI=1S/C21H25F3N2O/c1-13(2)10-14-8-9-15-6-5-7-16(17(15)11-14)19(21(22,23)24)26-20(3,4)12-18(27)25-26/h5-9,11,13,19H,10,12H2,1-4H3,(H,25,27). The topological polar surface area (TPSA) is 32.3 Å². The Morgan fingerprint density at radius 3 is 2.44 bits per heavy atom. The van der Waals surface area contributed by atoms with E-state index < -0.39 is 23.7 Å². The number of rotatable bonds is 4. The van der Waals surface area contributed by atoms with E-state index in [-0.39, 0.29) is 12.0 Å². The van der Waals surface area contributed by atoms with E-state index in [1.165, 1.54) is 6.07 Å². The number of halogens is 3. The number of alkyl halides is 3. The Morgan fingerprint density at radius 1 is 1.19 bits per heavy atom. The lowest BCUT2D eigenvalue weighted by atomic mass is 9.92. The molecule has 1 N–H and O–H groups in total. The zero-order valence-electron chi connectivity index (χ0n) is 16.0. The number of nitrogens with one attached hydrogen (secondary N) is 1. The molecule has 1 atom stereocenters. The lowest BCUT2D eigenvalue weighted by molar-refractivity contribution is -0.203. The van der Waals surface area contributed by atoms with Gasteiger partial charge < -0.3 is 0 Å². The molecule has 1 aliphatic rings. The fourth-order valence-electron chi connectivity index (χ4n) is 3.86. The van der Waals surface area contributed by atoms with Crippen LogP contribution < -0.4 is 5.43 Å². The predicted molar refractivity (Wildman–Crippen MR) is 100.0 cm³/mol. The molecule has 3 nitrogen and oxygen atoms in total. The molecule has 6 heteroatoms. The minimum Gasteiger partial charge on any atom is -0.287 e. The van der Waals surface area contributed by atoms with Crippen molar-refractivity contribution in [3.63, 3.8) is 0 Å². The predicted octanol–water partition coefficient (Wildman–Crippen LogP) is 5.16. The molecule has 1 saturated heterocycles. The minimum atomic E-state index is -4.53. The zero-order valence-corrected chi connectivity index (χ0v) is 16.0. The van der Waals surface area contributed by atoms with Crippen molar-refractivity contribution in [2.45, 2.75) is 58.3 Å². The largest absolute Gasteiger partial charge is 0.409 e. The second-order valence-corrected chi connectivity index (χ2v) is 8.34. The Balaban J connectivity index is 2.17. The summed E-state index contributed by atoms with van der Waals surface area (Å²) >= 11 is 0. The van der Waals surface area contributed by atoms with Gasteiger partial charge in [0.1, 0.15) is 0 Å². The number of benzene rings is 2. The third-order valence-electron chi connectivity index (χ3n) is 4.98. The first-order valence-corrected chi connectivity index (χ1v) is 9.16. The van der Waals surface area contributed by atoms with Gasteiger partial charge in [-0.25, -0.2) is 0 Å². The maximum Gasteiger partial charge on any atom is 0.409 e. The molecular weight excluding hydrogens is 353 g/mol. The first-order chi connectivity index (χ1) is 12.5. The number of amides is 1. The van der Waals surface area contributed by atoms with Crippen LogP contribution in [0.15, 0.2) is 36.4 Å². The smallest absolute Gasteiger partial charge is 0.287 e. The summed E-state index contributed by atoms with van der Waals surface area (Å²) in [5.41, 5.74) is 2.68. The summed E-state index contributed by atoms with van der Waals surface area (Å²) in [6, 6.07) is 8.77.